The van der Waals surface area contributed by atoms with Gasteiger partial charge < -0.3 is 19.9 Å². The lowest BCUT2D eigenvalue weighted by molar-refractivity contribution is 0.172. The molecule has 0 atom stereocenters. The van der Waals surface area contributed by atoms with Gasteiger partial charge in [0, 0.05) is 23.6 Å². The third-order valence-electron chi connectivity index (χ3n) is 3.50. The van der Waals surface area contributed by atoms with E-state index in [1.54, 1.807) is 7.11 Å². The van der Waals surface area contributed by atoms with Gasteiger partial charge in [0.2, 0.25) is 6.79 Å². The molecule has 16 heavy (non-hydrogen) atoms. The number of nitrogens with two attached hydrogens (primary N) is 1. The summed E-state index contributed by atoms with van der Waals surface area (Å²) in [6, 6.07) is 3.88. The molecule has 1 heterocycles. The molecule has 1 fully saturated rings. The molecule has 0 amide bonds. The summed E-state index contributed by atoms with van der Waals surface area (Å²) in [5.41, 5.74) is 7.08. The Morgan fingerprint density at radius 2 is 2.19 bits per heavy atom. The molecule has 1 saturated carbocycles. The van der Waals surface area contributed by atoms with Crippen molar-refractivity contribution in [1.29, 1.82) is 0 Å². The normalized spacial score (nSPS) is 19.6. The first-order valence-corrected chi connectivity index (χ1v) is 5.47. The van der Waals surface area contributed by atoms with Crippen LogP contribution in [0.2, 0.25) is 0 Å². The van der Waals surface area contributed by atoms with Crippen molar-refractivity contribution in [3.05, 3.63) is 17.7 Å². The minimum atomic E-state index is 0.0896. The molecule has 0 radical (unpaired) electrons. The number of rotatable bonds is 3. The second-order valence-electron chi connectivity index (χ2n) is 4.39. The Labute approximate surface area is 94.3 Å². The zero-order chi connectivity index (χ0) is 11.2. The van der Waals surface area contributed by atoms with E-state index in [-0.39, 0.29) is 12.2 Å². The number of ether oxygens (including phenoxy) is 3. The van der Waals surface area contributed by atoms with Gasteiger partial charge >= 0.3 is 0 Å². The van der Waals surface area contributed by atoms with Crippen molar-refractivity contribution in [1.82, 2.24) is 0 Å². The minimum absolute atomic E-state index is 0.0896. The third kappa shape index (κ3) is 1.26. The maximum absolute atomic E-state index is 5.85. The first kappa shape index (κ1) is 9.78. The Bertz CT molecular complexity index is 427. The molecule has 3 rings (SSSR count). The van der Waals surface area contributed by atoms with Crippen LogP contribution in [0.15, 0.2) is 12.1 Å². The molecule has 4 heteroatoms. The smallest absolute Gasteiger partial charge is 0.231 e. The molecule has 2 N–H and O–H groups in total. The van der Waals surface area contributed by atoms with Crippen molar-refractivity contribution >= 4 is 0 Å². The maximum atomic E-state index is 5.85. The van der Waals surface area contributed by atoms with Crippen LogP contribution in [0.5, 0.6) is 17.2 Å². The van der Waals surface area contributed by atoms with Gasteiger partial charge in [0.1, 0.15) is 5.75 Å². The van der Waals surface area contributed by atoms with Crippen LogP contribution in [0.25, 0.3) is 0 Å². The lowest BCUT2D eigenvalue weighted by Crippen LogP contribution is -2.20. The zero-order valence-corrected chi connectivity index (χ0v) is 9.29. The molecule has 1 aliphatic heterocycles. The summed E-state index contributed by atoms with van der Waals surface area (Å²) in [6.45, 7) is 0.937. The standard InChI is InChI=1S/C12H15NO3/c1-14-8-4-9(12(6-13)2-3-12)11-10(5-8)15-7-16-11/h4-5H,2-3,6-7,13H2,1H3. The molecule has 0 spiro atoms. The predicted molar refractivity (Wildman–Crippen MR) is 59.1 cm³/mol. The molecule has 1 aromatic rings. The van der Waals surface area contributed by atoms with Crippen LogP contribution >= 0.6 is 0 Å². The van der Waals surface area contributed by atoms with Crippen LogP contribution in [0.1, 0.15) is 18.4 Å². The van der Waals surface area contributed by atoms with E-state index in [0.717, 1.165) is 35.7 Å². The average Bonchev–Trinajstić information content (AvgIpc) is 2.98. The van der Waals surface area contributed by atoms with Gasteiger partial charge in [-0.2, -0.15) is 0 Å². The lowest BCUT2D eigenvalue weighted by Gasteiger charge is -2.16. The lowest BCUT2D eigenvalue weighted by atomic mass is 9.94. The van der Waals surface area contributed by atoms with Gasteiger partial charge in [0.15, 0.2) is 11.5 Å². The van der Waals surface area contributed by atoms with Crippen LogP contribution in [-0.4, -0.2) is 20.4 Å². The van der Waals surface area contributed by atoms with Gasteiger partial charge in [-0.3, -0.25) is 0 Å². The topological polar surface area (TPSA) is 53.7 Å². The van der Waals surface area contributed by atoms with Gasteiger partial charge in [-0.25, -0.2) is 0 Å². The zero-order valence-electron chi connectivity index (χ0n) is 9.29. The Balaban J connectivity index is 2.12. The average molecular weight is 221 g/mol. The molecule has 86 valence electrons. The second-order valence-corrected chi connectivity index (χ2v) is 4.39. The summed E-state index contributed by atoms with van der Waals surface area (Å²) in [4.78, 5) is 0. The molecule has 1 aromatic carbocycles. The van der Waals surface area contributed by atoms with Gasteiger partial charge in [0.05, 0.1) is 7.11 Å². The summed E-state index contributed by atoms with van der Waals surface area (Å²) in [5, 5.41) is 0. The van der Waals surface area contributed by atoms with Crippen molar-refractivity contribution in [3.63, 3.8) is 0 Å². The molecule has 0 bridgehead atoms. The van der Waals surface area contributed by atoms with Crippen molar-refractivity contribution in [2.75, 3.05) is 20.4 Å². The fourth-order valence-corrected chi connectivity index (χ4v) is 2.23. The highest BCUT2D eigenvalue weighted by Crippen LogP contribution is 2.54. The molecule has 0 saturated heterocycles. The third-order valence-corrected chi connectivity index (χ3v) is 3.50. The predicted octanol–water partition coefficient (Wildman–Crippen LogP) is 1.41. The molecule has 2 aliphatic rings. The van der Waals surface area contributed by atoms with Gasteiger partial charge in [-0.05, 0) is 18.9 Å². The number of methoxy groups -OCH3 is 1. The molecular formula is C12H15NO3. The van der Waals surface area contributed by atoms with Crippen molar-refractivity contribution in [2.24, 2.45) is 5.73 Å². The highest BCUT2D eigenvalue weighted by Gasteiger charge is 2.46. The van der Waals surface area contributed by atoms with Crippen LogP contribution in [-0.2, 0) is 5.41 Å². The summed E-state index contributed by atoms with van der Waals surface area (Å²) >= 11 is 0. The summed E-state index contributed by atoms with van der Waals surface area (Å²) in [6.07, 6.45) is 2.24. The van der Waals surface area contributed by atoms with Crippen LogP contribution in [0.3, 0.4) is 0 Å². The quantitative estimate of drug-likeness (QED) is 0.838. The van der Waals surface area contributed by atoms with Crippen LogP contribution in [0, 0.1) is 0 Å². The summed E-state index contributed by atoms with van der Waals surface area (Å²) in [5.74, 6) is 2.43. The largest absolute Gasteiger partial charge is 0.497 e. The Kier molecular flexibility index (Phi) is 2.01. The number of fused-ring (bicyclic) bond motifs is 1. The molecular weight excluding hydrogens is 206 g/mol. The molecule has 0 unspecified atom stereocenters. The number of hydrogen-bond donors (Lipinski definition) is 1. The highest BCUT2D eigenvalue weighted by atomic mass is 16.7. The highest BCUT2D eigenvalue weighted by molar-refractivity contribution is 5.57. The molecule has 4 nitrogen and oxygen atoms in total. The van der Waals surface area contributed by atoms with E-state index in [4.69, 9.17) is 19.9 Å². The van der Waals surface area contributed by atoms with Crippen molar-refractivity contribution in [3.8, 4) is 17.2 Å². The SMILES string of the molecule is COc1cc2c(c(C3(CN)CC3)c1)OCO2. The van der Waals surface area contributed by atoms with Crippen LogP contribution in [0.4, 0.5) is 0 Å². The molecule has 0 aromatic heterocycles. The first-order chi connectivity index (χ1) is 7.79. The summed E-state index contributed by atoms with van der Waals surface area (Å²) < 4.78 is 16.2. The first-order valence-electron chi connectivity index (χ1n) is 5.47. The van der Waals surface area contributed by atoms with Crippen molar-refractivity contribution in [2.45, 2.75) is 18.3 Å². The van der Waals surface area contributed by atoms with Gasteiger partial charge in [-0.1, -0.05) is 0 Å². The Hall–Kier alpha value is -1.42. The Morgan fingerprint density at radius 1 is 1.38 bits per heavy atom. The van der Waals surface area contributed by atoms with Crippen molar-refractivity contribution < 1.29 is 14.2 Å². The number of hydrogen-bond acceptors (Lipinski definition) is 4. The van der Waals surface area contributed by atoms with E-state index >= 15 is 0 Å². The fourth-order valence-electron chi connectivity index (χ4n) is 2.23. The van der Waals surface area contributed by atoms with E-state index in [1.165, 1.54) is 0 Å². The van der Waals surface area contributed by atoms with E-state index in [0.29, 0.717) is 6.54 Å². The van der Waals surface area contributed by atoms with E-state index < -0.39 is 0 Å². The van der Waals surface area contributed by atoms with Gasteiger partial charge in [0.25, 0.3) is 0 Å². The minimum Gasteiger partial charge on any atom is -0.497 e. The van der Waals surface area contributed by atoms with E-state index in [1.807, 2.05) is 12.1 Å². The maximum Gasteiger partial charge on any atom is 0.231 e. The number of benzene rings is 1. The van der Waals surface area contributed by atoms with Gasteiger partial charge in [-0.15, -0.1) is 0 Å². The Morgan fingerprint density at radius 3 is 2.81 bits per heavy atom. The monoisotopic (exact) mass is 221 g/mol. The second kappa shape index (κ2) is 3.28. The molecule has 1 aliphatic carbocycles. The van der Waals surface area contributed by atoms with Crippen LogP contribution < -0.4 is 19.9 Å². The summed E-state index contributed by atoms with van der Waals surface area (Å²) in [7, 11) is 1.66. The van der Waals surface area contributed by atoms with E-state index in [9.17, 15) is 0 Å². The van der Waals surface area contributed by atoms with E-state index in [2.05, 4.69) is 0 Å². The fraction of sp³-hybridized carbons (Fsp3) is 0.500.